The van der Waals surface area contributed by atoms with E-state index in [1.165, 1.54) is 0 Å². The molecule has 6 nitrogen and oxygen atoms in total. The van der Waals surface area contributed by atoms with Crippen molar-refractivity contribution in [1.29, 1.82) is 0 Å². The SMILES string of the molecule is COCCCNc1nc(Cl)nc2nc[nH]c12. The summed E-state index contributed by atoms with van der Waals surface area (Å²) < 4.78 is 4.96. The Balaban J connectivity index is 2.12. The van der Waals surface area contributed by atoms with Crippen molar-refractivity contribution in [2.75, 3.05) is 25.6 Å². The summed E-state index contributed by atoms with van der Waals surface area (Å²) in [5.74, 6) is 0.670. The smallest absolute Gasteiger partial charge is 0.226 e. The molecule has 2 rings (SSSR count). The first-order chi connectivity index (χ1) is 7.81. The van der Waals surface area contributed by atoms with E-state index in [2.05, 4.69) is 25.3 Å². The quantitative estimate of drug-likeness (QED) is 0.612. The molecule has 86 valence electrons. The van der Waals surface area contributed by atoms with E-state index in [0.29, 0.717) is 18.1 Å². The maximum atomic E-state index is 5.78. The summed E-state index contributed by atoms with van der Waals surface area (Å²) in [5.41, 5.74) is 1.33. The molecular formula is C9H12ClN5O. The maximum Gasteiger partial charge on any atom is 0.226 e. The van der Waals surface area contributed by atoms with Crippen LogP contribution in [-0.2, 0) is 4.74 Å². The van der Waals surface area contributed by atoms with E-state index in [1.807, 2.05) is 0 Å². The van der Waals surface area contributed by atoms with E-state index in [-0.39, 0.29) is 5.28 Å². The van der Waals surface area contributed by atoms with Crippen LogP contribution in [0, 0.1) is 0 Å². The first-order valence-corrected chi connectivity index (χ1v) is 5.28. The Labute approximate surface area is 97.4 Å². The number of H-pyrrole nitrogens is 1. The number of aromatic amines is 1. The highest BCUT2D eigenvalue weighted by Gasteiger charge is 2.07. The lowest BCUT2D eigenvalue weighted by Crippen LogP contribution is -2.07. The molecule has 0 radical (unpaired) electrons. The molecule has 0 bridgehead atoms. The van der Waals surface area contributed by atoms with Gasteiger partial charge in [0, 0.05) is 20.3 Å². The van der Waals surface area contributed by atoms with E-state index in [9.17, 15) is 0 Å². The highest BCUT2D eigenvalue weighted by molar-refractivity contribution is 6.28. The van der Waals surface area contributed by atoms with Crippen LogP contribution in [0.3, 0.4) is 0 Å². The maximum absolute atomic E-state index is 5.78. The monoisotopic (exact) mass is 241 g/mol. The number of nitrogens with zero attached hydrogens (tertiary/aromatic N) is 3. The summed E-state index contributed by atoms with van der Waals surface area (Å²) in [6, 6.07) is 0. The number of anilines is 1. The van der Waals surface area contributed by atoms with Crippen LogP contribution in [0.25, 0.3) is 11.2 Å². The predicted octanol–water partition coefficient (Wildman–Crippen LogP) is 1.45. The number of fused-ring (bicyclic) bond motifs is 1. The summed E-state index contributed by atoms with van der Waals surface area (Å²) in [5, 5.41) is 3.35. The number of halogens is 1. The molecule has 2 aromatic rings. The van der Waals surface area contributed by atoms with Gasteiger partial charge in [-0.25, -0.2) is 4.98 Å². The average molecular weight is 242 g/mol. The third-order valence-electron chi connectivity index (χ3n) is 2.08. The third-order valence-corrected chi connectivity index (χ3v) is 2.25. The number of ether oxygens (including phenoxy) is 1. The number of aromatic nitrogens is 4. The summed E-state index contributed by atoms with van der Waals surface area (Å²) in [6.45, 7) is 1.47. The van der Waals surface area contributed by atoms with E-state index in [4.69, 9.17) is 16.3 Å². The second-order valence-corrected chi connectivity index (χ2v) is 3.55. The van der Waals surface area contributed by atoms with Gasteiger partial charge >= 0.3 is 0 Å². The summed E-state index contributed by atoms with van der Waals surface area (Å²) in [4.78, 5) is 15.1. The van der Waals surface area contributed by atoms with Crippen LogP contribution in [0.15, 0.2) is 6.33 Å². The molecule has 16 heavy (non-hydrogen) atoms. The zero-order valence-corrected chi connectivity index (χ0v) is 9.58. The molecule has 2 aromatic heterocycles. The Morgan fingerprint density at radius 3 is 3.19 bits per heavy atom. The van der Waals surface area contributed by atoms with Gasteiger partial charge < -0.3 is 15.0 Å². The van der Waals surface area contributed by atoms with E-state index in [0.717, 1.165) is 18.5 Å². The highest BCUT2D eigenvalue weighted by Crippen LogP contribution is 2.18. The second-order valence-electron chi connectivity index (χ2n) is 3.22. The Kier molecular flexibility index (Phi) is 3.53. The summed E-state index contributed by atoms with van der Waals surface area (Å²) >= 11 is 5.78. The number of hydrogen-bond donors (Lipinski definition) is 2. The minimum absolute atomic E-state index is 0.189. The number of hydrogen-bond acceptors (Lipinski definition) is 5. The topological polar surface area (TPSA) is 75.7 Å². The molecule has 0 unspecified atom stereocenters. The van der Waals surface area contributed by atoms with Gasteiger partial charge in [0.1, 0.15) is 5.52 Å². The van der Waals surface area contributed by atoms with Crippen molar-refractivity contribution in [2.24, 2.45) is 0 Å². The third kappa shape index (κ3) is 2.40. The molecule has 0 aliphatic carbocycles. The summed E-state index contributed by atoms with van der Waals surface area (Å²) in [7, 11) is 1.68. The minimum atomic E-state index is 0.189. The first-order valence-electron chi connectivity index (χ1n) is 4.90. The van der Waals surface area contributed by atoms with Crippen molar-refractivity contribution < 1.29 is 4.74 Å². The molecule has 0 saturated carbocycles. The Morgan fingerprint density at radius 2 is 2.38 bits per heavy atom. The zero-order chi connectivity index (χ0) is 11.4. The molecule has 0 aliphatic heterocycles. The second kappa shape index (κ2) is 5.09. The molecule has 0 atom stereocenters. The molecular weight excluding hydrogens is 230 g/mol. The van der Waals surface area contributed by atoms with Crippen LogP contribution in [0.4, 0.5) is 5.82 Å². The van der Waals surface area contributed by atoms with Crippen molar-refractivity contribution in [1.82, 2.24) is 19.9 Å². The van der Waals surface area contributed by atoms with Crippen LogP contribution >= 0.6 is 11.6 Å². The lowest BCUT2D eigenvalue weighted by molar-refractivity contribution is 0.198. The van der Waals surface area contributed by atoms with Gasteiger partial charge in [-0.15, -0.1) is 0 Å². The fourth-order valence-electron chi connectivity index (χ4n) is 1.36. The van der Waals surface area contributed by atoms with Crippen LogP contribution in [0.1, 0.15) is 6.42 Å². The molecule has 7 heteroatoms. The van der Waals surface area contributed by atoms with Gasteiger partial charge in [0.15, 0.2) is 11.5 Å². The van der Waals surface area contributed by atoms with Crippen molar-refractivity contribution in [3.63, 3.8) is 0 Å². The number of methoxy groups -OCH3 is 1. The molecule has 0 amide bonds. The van der Waals surface area contributed by atoms with Crippen molar-refractivity contribution in [2.45, 2.75) is 6.42 Å². The van der Waals surface area contributed by atoms with Gasteiger partial charge in [0.25, 0.3) is 0 Å². The average Bonchev–Trinajstić information content (AvgIpc) is 2.72. The largest absolute Gasteiger partial charge is 0.385 e. The minimum Gasteiger partial charge on any atom is -0.385 e. The Hall–Kier alpha value is -1.40. The lowest BCUT2D eigenvalue weighted by atomic mass is 10.4. The Morgan fingerprint density at radius 1 is 1.50 bits per heavy atom. The van der Waals surface area contributed by atoms with E-state index in [1.54, 1.807) is 13.4 Å². The lowest BCUT2D eigenvalue weighted by Gasteiger charge is -2.05. The van der Waals surface area contributed by atoms with Gasteiger partial charge in [-0.1, -0.05) is 0 Å². The molecule has 0 spiro atoms. The van der Waals surface area contributed by atoms with Crippen LogP contribution in [0.5, 0.6) is 0 Å². The van der Waals surface area contributed by atoms with Crippen LogP contribution in [0.2, 0.25) is 5.28 Å². The van der Waals surface area contributed by atoms with Crippen molar-refractivity contribution in [3.05, 3.63) is 11.6 Å². The first kappa shape index (κ1) is 11.1. The number of rotatable bonds is 5. The standard InChI is InChI=1S/C9H12ClN5O/c1-16-4-2-3-11-7-6-8(13-5-12-6)15-9(10)14-7/h5H,2-4H2,1H3,(H2,11,12,13,14,15). The van der Waals surface area contributed by atoms with Gasteiger partial charge in [-0.05, 0) is 18.0 Å². The number of imidazole rings is 1. The number of nitrogens with one attached hydrogen (secondary N) is 2. The molecule has 2 heterocycles. The molecule has 0 aliphatic rings. The van der Waals surface area contributed by atoms with Gasteiger partial charge in [0.05, 0.1) is 6.33 Å². The molecule has 0 fully saturated rings. The van der Waals surface area contributed by atoms with E-state index >= 15 is 0 Å². The van der Waals surface area contributed by atoms with E-state index < -0.39 is 0 Å². The molecule has 0 aromatic carbocycles. The molecule has 2 N–H and O–H groups in total. The van der Waals surface area contributed by atoms with Gasteiger partial charge in [-0.2, -0.15) is 9.97 Å². The summed E-state index contributed by atoms with van der Waals surface area (Å²) in [6.07, 6.45) is 2.46. The van der Waals surface area contributed by atoms with Crippen LogP contribution < -0.4 is 5.32 Å². The van der Waals surface area contributed by atoms with Gasteiger partial charge in [-0.3, -0.25) is 0 Å². The predicted molar refractivity (Wildman–Crippen MR) is 61.7 cm³/mol. The fourth-order valence-corrected chi connectivity index (χ4v) is 1.52. The van der Waals surface area contributed by atoms with Gasteiger partial charge in [0.2, 0.25) is 5.28 Å². The highest BCUT2D eigenvalue weighted by atomic mass is 35.5. The normalized spacial score (nSPS) is 10.9. The Bertz CT molecular complexity index is 472. The van der Waals surface area contributed by atoms with Crippen molar-refractivity contribution >= 4 is 28.6 Å². The van der Waals surface area contributed by atoms with Crippen molar-refractivity contribution in [3.8, 4) is 0 Å². The zero-order valence-electron chi connectivity index (χ0n) is 8.83. The molecule has 0 saturated heterocycles. The fraction of sp³-hybridized carbons (Fsp3) is 0.444. The van der Waals surface area contributed by atoms with Crippen LogP contribution in [-0.4, -0.2) is 40.2 Å².